The Kier molecular flexibility index (Phi) is 7.01. The Morgan fingerprint density at radius 3 is 2.41 bits per heavy atom. The summed E-state index contributed by atoms with van der Waals surface area (Å²) < 4.78 is 0. The molecular formula is C24H30N2O2S. The van der Waals surface area contributed by atoms with Crippen molar-refractivity contribution in [2.24, 2.45) is 11.8 Å². The van der Waals surface area contributed by atoms with Crippen LogP contribution in [-0.2, 0) is 16.0 Å². The summed E-state index contributed by atoms with van der Waals surface area (Å²) in [7, 11) is 0. The van der Waals surface area contributed by atoms with Crippen LogP contribution in [0, 0.1) is 11.8 Å². The van der Waals surface area contributed by atoms with E-state index < -0.39 is 0 Å². The Morgan fingerprint density at radius 1 is 1.07 bits per heavy atom. The molecule has 2 aromatic carbocycles. The van der Waals surface area contributed by atoms with Crippen LogP contribution in [0.3, 0.4) is 0 Å². The zero-order chi connectivity index (χ0) is 21.0. The Labute approximate surface area is 178 Å². The van der Waals surface area contributed by atoms with Crippen molar-refractivity contribution in [3.8, 4) is 0 Å². The summed E-state index contributed by atoms with van der Waals surface area (Å²) in [5.41, 5.74) is 3.23. The van der Waals surface area contributed by atoms with Crippen LogP contribution in [0.25, 0.3) is 0 Å². The molecule has 0 radical (unpaired) electrons. The molecule has 29 heavy (non-hydrogen) atoms. The number of carbonyl (C=O) groups excluding carboxylic acids is 2. The van der Waals surface area contributed by atoms with E-state index in [0.29, 0.717) is 11.7 Å². The lowest BCUT2D eigenvalue weighted by Crippen LogP contribution is -2.44. The first-order chi connectivity index (χ1) is 13.8. The molecule has 1 atom stereocenters. The number of hydrogen-bond acceptors (Lipinski definition) is 3. The maximum absolute atomic E-state index is 12.9. The molecule has 1 N–H and O–H groups in total. The van der Waals surface area contributed by atoms with E-state index in [9.17, 15) is 9.59 Å². The molecule has 0 saturated carbocycles. The highest BCUT2D eigenvalue weighted by Crippen LogP contribution is 2.34. The fraction of sp³-hybridized carbons (Fsp3) is 0.417. The van der Waals surface area contributed by atoms with Gasteiger partial charge in [0.1, 0.15) is 6.54 Å². The van der Waals surface area contributed by atoms with Gasteiger partial charge in [-0.2, -0.15) is 0 Å². The molecule has 154 valence electrons. The minimum absolute atomic E-state index is 0.0250. The quantitative estimate of drug-likeness (QED) is 0.711. The van der Waals surface area contributed by atoms with Gasteiger partial charge in [-0.25, -0.2) is 0 Å². The molecule has 2 amide bonds. The molecule has 0 aromatic heterocycles. The molecule has 1 aliphatic rings. The summed E-state index contributed by atoms with van der Waals surface area (Å²) in [4.78, 5) is 27.9. The van der Waals surface area contributed by atoms with Gasteiger partial charge >= 0.3 is 0 Å². The number of para-hydroxylation sites is 1. The van der Waals surface area contributed by atoms with Crippen LogP contribution in [0.4, 0.5) is 5.69 Å². The van der Waals surface area contributed by atoms with Crippen molar-refractivity contribution in [1.82, 2.24) is 5.32 Å². The fourth-order valence-electron chi connectivity index (χ4n) is 3.66. The number of fused-ring (bicyclic) bond motifs is 1. The Bertz CT molecular complexity index is 861. The molecule has 0 spiro atoms. The predicted molar refractivity (Wildman–Crippen MR) is 120 cm³/mol. The van der Waals surface area contributed by atoms with Gasteiger partial charge in [-0.3, -0.25) is 9.59 Å². The molecule has 5 heteroatoms. The SMILES string of the molecule is CC(C)Cc1ccc(C(NC(=O)CN2C(=O)CSc3ccccc32)C(C)C)cc1. The lowest BCUT2D eigenvalue weighted by molar-refractivity contribution is -0.123. The zero-order valence-electron chi connectivity index (χ0n) is 17.6. The molecule has 0 fully saturated rings. The van der Waals surface area contributed by atoms with Crippen molar-refractivity contribution >= 4 is 29.3 Å². The number of hydrogen-bond donors (Lipinski definition) is 1. The number of amides is 2. The van der Waals surface area contributed by atoms with Crippen molar-refractivity contribution in [2.75, 3.05) is 17.2 Å². The van der Waals surface area contributed by atoms with Crippen LogP contribution in [0.15, 0.2) is 53.4 Å². The normalized spacial score (nSPS) is 14.8. The van der Waals surface area contributed by atoms with Crippen molar-refractivity contribution in [1.29, 1.82) is 0 Å². The van der Waals surface area contributed by atoms with Gasteiger partial charge in [0.15, 0.2) is 0 Å². The first-order valence-electron chi connectivity index (χ1n) is 10.3. The number of carbonyl (C=O) groups is 2. The number of nitrogens with zero attached hydrogens (tertiary/aromatic N) is 1. The van der Waals surface area contributed by atoms with Gasteiger partial charge < -0.3 is 10.2 Å². The smallest absolute Gasteiger partial charge is 0.240 e. The minimum Gasteiger partial charge on any atom is -0.347 e. The van der Waals surface area contributed by atoms with Gasteiger partial charge in [0, 0.05) is 4.90 Å². The Morgan fingerprint density at radius 2 is 1.76 bits per heavy atom. The van der Waals surface area contributed by atoms with Crippen LogP contribution in [0.5, 0.6) is 0 Å². The van der Waals surface area contributed by atoms with Crippen molar-refractivity contribution < 1.29 is 9.59 Å². The second-order valence-electron chi connectivity index (χ2n) is 8.37. The van der Waals surface area contributed by atoms with Gasteiger partial charge in [-0.1, -0.05) is 64.1 Å². The summed E-state index contributed by atoms with van der Waals surface area (Å²) in [6.07, 6.45) is 1.05. The highest BCUT2D eigenvalue weighted by molar-refractivity contribution is 8.00. The van der Waals surface area contributed by atoms with Crippen LogP contribution in [0.2, 0.25) is 0 Å². The molecular weight excluding hydrogens is 380 g/mol. The third kappa shape index (κ3) is 5.41. The van der Waals surface area contributed by atoms with Crippen LogP contribution < -0.4 is 10.2 Å². The summed E-state index contributed by atoms with van der Waals surface area (Å²) in [5, 5.41) is 3.15. The largest absolute Gasteiger partial charge is 0.347 e. The molecule has 0 bridgehead atoms. The molecule has 4 nitrogen and oxygen atoms in total. The van der Waals surface area contributed by atoms with Crippen LogP contribution in [-0.4, -0.2) is 24.1 Å². The summed E-state index contributed by atoms with van der Waals surface area (Å²) in [6, 6.07) is 16.2. The second kappa shape index (κ2) is 9.49. The average Bonchev–Trinajstić information content (AvgIpc) is 2.68. The van der Waals surface area contributed by atoms with Crippen LogP contribution in [0.1, 0.15) is 44.9 Å². The van der Waals surface area contributed by atoms with E-state index in [2.05, 4.69) is 57.3 Å². The maximum atomic E-state index is 12.9. The number of thioether (sulfide) groups is 1. The van der Waals surface area contributed by atoms with E-state index in [1.165, 1.54) is 17.3 Å². The van der Waals surface area contributed by atoms with Crippen molar-refractivity contribution in [3.63, 3.8) is 0 Å². The van der Waals surface area contributed by atoms with Gasteiger partial charge in [0.25, 0.3) is 0 Å². The summed E-state index contributed by atoms with van der Waals surface area (Å²) >= 11 is 1.53. The van der Waals surface area contributed by atoms with Gasteiger partial charge in [0.05, 0.1) is 17.5 Å². The zero-order valence-corrected chi connectivity index (χ0v) is 18.5. The molecule has 1 heterocycles. The molecule has 1 aliphatic heterocycles. The maximum Gasteiger partial charge on any atom is 0.240 e. The number of benzene rings is 2. The topological polar surface area (TPSA) is 49.4 Å². The Hall–Kier alpha value is -2.27. The number of rotatable bonds is 7. The third-order valence-electron chi connectivity index (χ3n) is 5.08. The molecule has 2 aromatic rings. The minimum atomic E-state index is -0.134. The second-order valence-corrected chi connectivity index (χ2v) is 9.38. The highest BCUT2D eigenvalue weighted by atomic mass is 32.2. The first-order valence-corrected chi connectivity index (χ1v) is 11.2. The molecule has 1 unspecified atom stereocenters. The third-order valence-corrected chi connectivity index (χ3v) is 6.12. The van der Waals surface area contributed by atoms with E-state index in [4.69, 9.17) is 0 Å². The fourth-order valence-corrected chi connectivity index (χ4v) is 4.59. The number of anilines is 1. The van der Waals surface area contributed by atoms with E-state index >= 15 is 0 Å². The van der Waals surface area contributed by atoms with E-state index in [1.807, 2.05) is 24.3 Å². The highest BCUT2D eigenvalue weighted by Gasteiger charge is 2.27. The molecule has 0 aliphatic carbocycles. The lowest BCUT2D eigenvalue weighted by atomic mass is 9.93. The Balaban J connectivity index is 1.71. The van der Waals surface area contributed by atoms with Gasteiger partial charge in [-0.15, -0.1) is 11.8 Å². The van der Waals surface area contributed by atoms with E-state index in [-0.39, 0.29) is 30.3 Å². The van der Waals surface area contributed by atoms with E-state index in [1.54, 1.807) is 4.90 Å². The van der Waals surface area contributed by atoms with Crippen molar-refractivity contribution in [2.45, 2.75) is 45.1 Å². The lowest BCUT2D eigenvalue weighted by Gasteiger charge is -2.30. The number of nitrogens with one attached hydrogen (secondary N) is 1. The van der Waals surface area contributed by atoms with Crippen LogP contribution >= 0.6 is 11.8 Å². The van der Waals surface area contributed by atoms with Crippen molar-refractivity contribution in [3.05, 3.63) is 59.7 Å². The van der Waals surface area contributed by atoms with E-state index in [0.717, 1.165) is 22.6 Å². The van der Waals surface area contributed by atoms with Gasteiger partial charge in [0.2, 0.25) is 11.8 Å². The first kappa shape index (κ1) is 21.4. The monoisotopic (exact) mass is 410 g/mol. The average molecular weight is 411 g/mol. The predicted octanol–water partition coefficient (Wildman–Crippen LogP) is 4.84. The van der Waals surface area contributed by atoms with Gasteiger partial charge in [-0.05, 0) is 41.5 Å². The molecule has 3 rings (SSSR count). The summed E-state index contributed by atoms with van der Waals surface area (Å²) in [5.74, 6) is 1.07. The molecule has 0 saturated heterocycles. The standard InChI is InChI=1S/C24H30N2O2S/c1-16(2)13-18-9-11-19(12-10-18)24(17(3)4)25-22(27)14-26-20-7-5-6-8-21(20)29-15-23(26)28/h5-12,16-17,24H,13-15H2,1-4H3,(H,25,27). The summed E-state index contributed by atoms with van der Waals surface area (Å²) in [6.45, 7) is 8.67.